The number of aryl methyl sites for hydroxylation is 1. The van der Waals surface area contributed by atoms with Gasteiger partial charge in [0.2, 0.25) is 5.91 Å². The lowest BCUT2D eigenvalue weighted by Crippen LogP contribution is -2.41. The SMILES string of the molecule is CNC(=O)[C@@H]1CN(C(=O)c2cncc(C)c2)C[C@H]1C1CCN(c2ccc(C#N)c(C(F)(F)F)c2)CC1. The number of nitrogens with one attached hydrogen (secondary N) is 1. The number of likely N-dealkylation sites (tertiary alicyclic amines) is 1. The van der Waals surface area contributed by atoms with Crippen LogP contribution in [-0.2, 0) is 11.0 Å². The molecule has 2 fully saturated rings. The minimum atomic E-state index is -4.60. The van der Waals surface area contributed by atoms with Crippen LogP contribution >= 0.6 is 0 Å². The van der Waals surface area contributed by atoms with Crippen LogP contribution in [0, 0.1) is 36.0 Å². The van der Waals surface area contributed by atoms with Crippen LogP contribution in [0.5, 0.6) is 0 Å². The zero-order valence-electron chi connectivity index (χ0n) is 20.2. The minimum Gasteiger partial charge on any atom is -0.372 e. The van der Waals surface area contributed by atoms with E-state index in [2.05, 4.69) is 10.3 Å². The van der Waals surface area contributed by atoms with Gasteiger partial charge in [0, 0.05) is 51.3 Å². The zero-order chi connectivity index (χ0) is 26.0. The highest BCUT2D eigenvalue weighted by molar-refractivity contribution is 5.95. The van der Waals surface area contributed by atoms with Gasteiger partial charge in [-0.05, 0) is 61.4 Å². The molecule has 190 valence electrons. The average Bonchev–Trinajstić information content (AvgIpc) is 3.32. The fourth-order valence-electron chi connectivity index (χ4n) is 5.44. The van der Waals surface area contributed by atoms with E-state index in [4.69, 9.17) is 5.26 Å². The van der Waals surface area contributed by atoms with Crippen molar-refractivity contribution < 1.29 is 22.8 Å². The van der Waals surface area contributed by atoms with Crippen molar-refractivity contribution in [3.63, 3.8) is 0 Å². The first kappa shape index (κ1) is 25.5. The van der Waals surface area contributed by atoms with Crippen LogP contribution in [0.1, 0.15) is 39.9 Å². The topological polar surface area (TPSA) is 89.3 Å². The van der Waals surface area contributed by atoms with Gasteiger partial charge < -0.3 is 15.1 Å². The monoisotopic (exact) mass is 499 g/mol. The van der Waals surface area contributed by atoms with Crippen LogP contribution in [-0.4, -0.2) is 54.9 Å². The Morgan fingerprint density at radius 3 is 2.47 bits per heavy atom. The summed E-state index contributed by atoms with van der Waals surface area (Å²) >= 11 is 0. The molecule has 0 spiro atoms. The summed E-state index contributed by atoms with van der Waals surface area (Å²) in [6.07, 6.45) is -0.0209. The van der Waals surface area contributed by atoms with E-state index < -0.39 is 17.3 Å². The molecule has 2 aliphatic rings. The Kier molecular flexibility index (Phi) is 7.20. The Labute approximate surface area is 207 Å². The highest BCUT2D eigenvalue weighted by Gasteiger charge is 2.44. The third-order valence-corrected chi connectivity index (χ3v) is 7.30. The predicted molar refractivity (Wildman–Crippen MR) is 127 cm³/mol. The van der Waals surface area contributed by atoms with Crippen LogP contribution in [0.3, 0.4) is 0 Å². The van der Waals surface area contributed by atoms with Gasteiger partial charge in [0.05, 0.1) is 28.7 Å². The van der Waals surface area contributed by atoms with Crippen LogP contribution in [0.25, 0.3) is 0 Å². The number of piperidine rings is 1. The number of hydrogen-bond donors (Lipinski definition) is 1. The molecule has 2 aromatic rings. The number of nitriles is 1. The van der Waals surface area contributed by atoms with Gasteiger partial charge in [0.1, 0.15) is 0 Å². The molecular formula is C26H28F3N5O2. The largest absolute Gasteiger partial charge is 0.417 e. The normalized spacial score (nSPS) is 20.8. The van der Waals surface area contributed by atoms with Gasteiger partial charge in [-0.15, -0.1) is 0 Å². The molecular weight excluding hydrogens is 471 g/mol. The maximum absolute atomic E-state index is 13.4. The summed E-state index contributed by atoms with van der Waals surface area (Å²) < 4.78 is 40.2. The van der Waals surface area contributed by atoms with Crippen LogP contribution in [0.2, 0.25) is 0 Å². The summed E-state index contributed by atoms with van der Waals surface area (Å²) in [6.45, 7) is 3.69. The van der Waals surface area contributed by atoms with E-state index >= 15 is 0 Å². The number of benzene rings is 1. The van der Waals surface area contributed by atoms with E-state index in [1.54, 1.807) is 36.3 Å². The standard InChI is InChI=1S/C26H28F3N5O2/c1-16-9-19(13-32-12-16)25(36)34-14-21(22(15-34)24(35)31-2)17-5-7-33(8-6-17)20-4-3-18(11-30)23(10-20)26(27,28)29/h3-4,9-10,12-13,17,21-22H,5-8,14-15H2,1-2H3,(H,31,35)/t21-,22+/m0/s1. The fourth-order valence-corrected chi connectivity index (χ4v) is 5.44. The number of carbonyl (C=O) groups is 2. The van der Waals surface area contributed by atoms with Crippen molar-refractivity contribution in [2.75, 3.05) is 38.1 Å². The Bertz CT molecular complexity index is 1180. The Morgan fingerprint density at radius 2 is 1.86 bits per heavy atom. The molecule has 2 atom stereocenters. The minimum absolute atomic E-state index is 0.0412. The first-order valence-electron chi connectivity index (χ1n) is 11.9. The second-order valence-corrected chi connectivity index (χ2v) is 9.51. The lowest BCUT2D eigenvalue weighted by molar-refractivity contribution is -0.137. The first-order chi connectivity index (χ1) is 17.1. The summed E-state index contributed by atoms with van der Waals surface area (Å²) in [5, 5.41) is 11.8. The molecule has 2 saturated heterocycles. The molecule has 1 N–H and O–H groups in total. The predicted octanol–water partition coefficient (Wildman–Crippen LogP) is 3.63. The molecule has 1 aromatic heterocycles. The summed E-state index contributed by atoms with van der Waals surface area (Å²) in [5.41, 5.74) is 0.470. The van der Waals surface area contributed by atoms with E-state index in [0.29, 0.717) is 50.3 Å². The number of rotatable bonds is 4. The number of alkyl halides is 3. The van der Waals surface area contributed by atoms with E-state index in [0.717, 1.165) is 11.6 Å². The third kappa shape index (κ3) is 5.15. The number of nitrogens with zero attached hydrogens (tertiary/aromatic N) is 4. The number of anilines is 1. The molecule has 0 aliphatic carbocycles. The van der Waals surface area contributed by atoms with Gasteiger partial charge in [-0.2, -0.15) is 18.4 Å². The summed E-state index contributed by atoms with van der Waals surface area (Å²) in [4.78, 5) is 33.5. The summed E-state index contributed by atoms with van der Waals surface area (Å²) in [5.74, 6) is -0.503. The van der Waals surface area contributed by atoms with Crippen molar-refractivity contribution in [1.29, 1.82) is 5.26 Å². The molecule has 4 rings (SSSR count). The van der Waals surface area contributed by atoms with Crippen molar-refractivity contribution in [3.8, 4) is 6.07 Å². The molecule has 3 heterocycles. The van der Waals surface area contributed by atoms with Gasteiger partial charge in [-0.1, -0.05) is 0 Å². The molecule has 7 nitrogen and oxygen atoms in total. The third-order valence-electron chi connectivity index (χ3n) is 7.30. The smallest absolute Gasteiger partial charge is 0.372 e. The van der Waals surface area contributed by atoms with E-state index in [-0.39, 0.29) is 29.6 Å². The van der Waals surface area contributed by atoms with E-state index in [9.17, 15) is 22.8 Å². The number of carbonyl (C=O) groups excluding carboxylic acids is 2. The quantitative estimate of drug-likeness (QED) is 0.694. The second-order valence-electron chi connectivity index (χ2n) is 9.51. The van der Waals surface area contributed by atoms with Crippen LogP contribution in [0.15, 0.2) is 36.7 Å². The first-order valence-corrected chi connectivity index (χ1v) is 11.9. The fraction of sp³-hybridized carbons (Fsp3) is 0.462. The molecule has 0 bridgehead atoms. The molecule has 0 radical (unpaired) electrons. The highest BCUT2D eigenvalue weighted by atomic mass is 19.4. The summed E-state index contributed by atoms with van der Waals surface area (Å²) in [6, 6.07) is 7.20. The molecule has 0 unspecified atom stereocenters. The number of aromatic nitrogens is 1. The highest BCUT2D eigenvalue weighted by Crippen LogP contribution is 2.39. The second kappa shape index (κ2) is 10.2. The number of halogens is 3. The van der Waals surface area contributed by atoms with Crippen LogP contribution < -0.4 is 10.2 Å². The van der Waals surface area contributed by atoms with Gasteiger partial charge in [-0.3, -0.25) is 14.6 Å². The molecule has 2 amide bonds. The van der Waals surface area contributed by atoms with Crippen molar-refractivity contribution in [2.45, 2.75) is 25.9 Å². The van der Waals surface area contributed by atoms with Gasteiger partial charge in [0.15, 0.2) is 0 Å². The molecule has 2 aliphatic heterocycles. The van der Waals surface area contributed by atoms with Crippen molar-refractivity contribution in [3.05, 3.63) is 58.9 Å². The Morgan fingerprint density at radius 1 is 1.14 bits per heavy atom. The van der Waals surface area contributed by atoms with Gasteiger partial charge >= 0.3 is 6.18 Å². The summed E-state index contributed by atoms with van der Waals surface area (Å²) in [7, 11) is 1.58. The van der Waals surface area contributed by atoms with E-state index in [1.165, 1.54) is 12.3 Å². The van der Waals surface area contributed by atoms with Crippen molar-refractivity contribution >= 4 is 17.5 Å². The van der Waals surface area contributed by atoms with Gasteiger partial charge in [-0.25, -0.2) is 0 Å². The van der Waals surface area contributed by atoms with Gasteiger partial charge in [0.25, 0.3) is 5.91 Å². The molecule has 1 aromatic carbocycles. The average molecular weight is 500 g/mol. The Balaban J connectivity index is 1.48. The zero-order valence-corrected chi connectivity index (χ0v) is 20.2. The van der Waals surface area contributed by atoms with Crippen LogP contribution in [0.4, 0.5) is 18.9 Å². The molecule has 36 heavy (non-hydrogen) atoms. The molecule has 10 heteroatoms. The van der Waals surface area contributed by atoms with E-state index in [1.807, 2.05) is 11.8 Å². The lowest BCUT2D eigenvalue weighted by atomic mass is 9.78. The number of amides is 2. The lowest BCUT2D eigenvalue weighted by Gasteiger charge is -2.37. The molecule has 0 saturated carbocycles. The number of pyridine rings is 1. The number of hydrogen-bond acceptors (Lipinski definition) is 5. The van der Waals surface area contributed by atoms with Crippen molar-refractivity contribution in [2.24, 2.45) is 17.8 Å². The van der Waals surface area contributed by atoms with Crippen molar-refractivity contribution in [1.82, 2.24) is 15.2 Å². The Hall–Kier alpha value is -3.61. The maximum atomic E-state index is 13.4. The maximum Gasteiger partial charge on any atom is 0.417 e.